The van der Waals surface area contributed by atoms with Gasteiger partial charge in [0.2, 0.25) is 0 Å². The minimum atomic E-state index is -0.873. The van der Waals surface area contributed by atoms with Gasteiger partial charge in [-0.2, -0.15) is 0 Å². The maximum absolute atomic E-state index is 12.3. The molecule has 0 spiro atoms. The zero-order chi connectivity index (χ0) is 15.2. The predicted molar refractivity (Wildman–Crippen MR) is 78.5 cm³/mol. The van der Waals surface area contributed by atoms with Crippen molar-refractivity contribution in [2.45, 2.75) is 12.8 Å². The van der Waals surface area contributed by atoms with E-state index in [0.29, 0.717) is 19.6 Å². The second kappa shape index (κ2) is 7.08. The Balaban J connectivity index is 2.09. The number of carbonyl (C=O) groups is 2. The monoisotopic (exact) mass is 292 g/mol. The summed E-state index contributed by atoms with van der Waals surface area (Å²) < 4.78 is 4.93. The first-order valence-electron chi connectivity index (χ1n) is 6.98. The van der Waals surface area contributed by atoms with E-state index < -0.39 is 11.9 Å². The van der Waals surface area contributed by atoms with Crippen LogP contribution >= 0.6 is 0 Å². The fraction of sp³-hybridized carbons (Fsp3) is 0.467. The van der Waals surface area contributed by atoms with Crippen molar-refractivity contribution >= 4 is 17.7 Å². The number of carboxylic acids is 1. The number of benzene rings is 1. The number of aliphatic carboxylic acids is 1. The van der Waals surface area contributed by atoms with Crippen molar-refractivity contribution in [2.75, 3.05) is 31.7 Å². The van der Waals surface area contributed by atoms with E-state index in [1.54, 1.807) is 7.11 Å². The molecule has 2 amide bonds. The van der Waals surface area contributed by atoms with Crippen LogP contribution < -0.4 is 10.2 Å². The van der Waals surface area contributed by atoms with Gasteiger partial charge in [-0.05, 0) is 24.5 Å². The summed E-state index contributed by atoms with van der Waals surface area (Å²) in [6.07, 6.45) is 1.18. The lowest BCUT2D eigenvalue weighted by Crippen LogP contribution is -2.47. The summed E-state index contributed by atoms with van der Waals surface area (Å²) in [7, 11) is 1.61. The lowest BCUT2D eigenvalue weighted by Gasteiger charge is -2.32. The minimum absolute atomic E-state index is 0.197. The van der Waals surface area contributed by atoms with Crippen molar-refractivity contribution in [3.05, 3.63) is 29.8 Å². The first-order chi connectivity index (χ1) is 10.1. The summed E-state index contributed by atoms with van der Waals surface area (Å²) in [6.45, 7) is 1.28. The Hall–Kier alpha value is -2.08. The molecule has 114 valence electrons. The third-order valence-electron chi connectivity index (χ3n) is 3.55. The number of methoxy groups -OCH3 is 1. The van der Waals surface area contributed by atoms with Crippen molar-refractivity contribution in [3.8, 4) is 0 Å². The Bertz CT molecular complexity index is 518. The van der Waals surface area contributed by atoms with Crippen LogP contribution in [0.5, 0.6) is 0 Å². The normalized spacial score (nSPS) is 17.2. The SMILES string of the molecule is COCCCNC(=O)N1CC(C(=O)O)Cc2ccccc21. The molecule has 0 bridgehead atoms. The van der Waals surface area contributed by atoms with Gasteiger partial charge >= 0.3 is 12.0 Å². The summed E-state index contributed by atoms with van der Waals surface area (Å²) in [5.74, 6) is -1.44. The average molecular weight is 292 g/mol. The van der Waals surface area contributed by atoms with Crippen molar-refractivity contribution in [1.29, 1.82) is 0 Å². The number of para-hydroxylation sites is 1. The van der Waals surface area contributed by atoms with Crippen LogP contribution in [0.3, 0.4) is 0 Å². The van der Waals surface area contributed by atoms with E-state index in [4.69, 9.17) is 4.74 Å². The molecule has 1 aliphatic rings. The summed E-state index contributed by atoms with van der Waals surface area (Å²) in [5, 5.41) is 12.0. The maximum atomic E-state index is 12.3. The van der Waals surface area contributed by atoms with Crippen LogP contribution in [-0.2, 0) is 16.0 Å². The van der Waals surface area contributed by atoms with Gasteiger partial charge in [0.25, 0.3) is 0 Å². The van der Waals surface area contributed by atoms with E-state index >= 15 is 0 Å². The molecule has 0 radical (unpaired) electrons. The van der Waals surface area contributed by atoms with Crippen molar-refractivity contribution in [3.63, 3.8) is 0 Å². The van der Waals surface area contributed by atoms with Gasteiger partial charge in [0, 0.05) is 32.5 Å². The van der Waals surface area contributed by atoms with Gasteiger partial charge in [-0.25, -0.2) is 4.79 Å². The number of hydrogen-bond acceptors (Lipinski definition) is 3. The van der Waals surface area contributed by atoms with Gasteiger partial charge in [-0.3, -0.25) is 9.69 Å². The molecule has 1 atom stereocenters. The Morgan fingerprint density at radius 3 is 2.90 bits per heavy atom. The van der Waals surface area contributed by atoms with Crippen LogP contribution in [0.15, 0.2) is 24.3 Å². The van der Waals surface area contributed by atoms with Crippen LogP contribution in [-0.4, -0.2) is 43.9 Å². The highest BCUT2D eigenvalue weighted by atomic mass is 16.5. The molecule has 0 saturated carbocycles. The molecule has 1 aromatic rings. The molecule has 1 aliphatic heterocycles. The number of carbonyl (C=O) groups excluding carboxylic acids is 1. The van der Waals surface area contributed by atoms with Crippen LogP contribution in [0.4, 0.5) is 10.5 Å². The van der Waals surface area contributed by atoms with Gasteiger partial charge in [0.05, 0.1) is 5.92 Å². The second-order valence-electron chi connectivity index (χ2n) is 5.06. The number of fused-ring (bicyclic) bond motifs is 1. The van der Waals surface area contributed by atoms with E-state index in [-0.39, 0.29) is 12.6 Å². The maximum Gasteiger partial charge on any atom is 0.321 e. The van der Waals surface area contributed by atoms with E-state index in [9.17, 15) is 14.7 Å². The molecule has 2 N–H and O–H groups in total. The molecule has 0 aromatic heterocycles. The standard InChI is InChI=1S/C15H20N2O4/c1-21-8-4-7-16-15(20)17-10-12(14(18)19)9-11-5-2-3-6-13(11)17/h2-3,5-6,12H,4,7-10H2,1H3,(H,16,20)(H,18,19). The quantitative estimate of drug-likeness (QED) is 0.806. The van der Waals surface area contributed by atoms with Crippen LogP contribution in [0.25, 0.3) is 0 Å². The molecule has 6 heteroatoms. The molecule has 1 aromatic carbocycles. The van der Waals surface area contributed by atoms with Crippen molar-refractivity contribution < 1.29 is 19.4 Å². The van der Waals surface area contributed by atoms with E-state index in [2.05, 4.69) is 5.32 Å². The number of anilines is 1. The topological polar surface area (TPSA) is 78.9 Å². The number of nitrogens with one attached hydrogen (secondary N) is 1. The fourth-order valence-electron chi connectivity index (χ4n) is 2.46. The second-order valence-corrected chi connectivity index (χ2v) is 5.06. The third kappa shape index (κ3) is 3.72. The molecule has 1 unspecified atom stereocenters. The number of rotatable bonds is 5. The lowest BCUT2D eigenvalue weighted by molar-refractivity contribution is -0.141. The number of amides is 2. The van der Waals surface area contributed by atoms with Gasteiger partial charge in [0.15, 0.2) is 0 Å². The Labute approximate surface area is 123 Å². The molecule has 0 aliphatic carbocycles. The first kappa shape index (κ1) is 15.3. The number of ether oxygens (including phenoxy) is 1. The Kier molecular flexibility index (Phi) is 5.16. The van der Waals surface area contributed by atoms with Crippen LogP contribution in [0, 0.1) is 5.92 Å². The summed E-state index contributed by atoms with van der Waals surface area (Å²) >= 11 is 0. The zero-order valence-electron chi connectivity index (χ0n) is 12.0. The van der Waals surface area contributed by atoms with Gasteiger partial charge < -0.3 is 15.2 Å². The molecule has 6 nitrogen and oxygen atoms in total. The van der Waals surface area contributed by atoms with Crippen LogP contribution in [0.2, 0.25) is 0 Å². The Morgan fingerprint density at radius 2 is 2.19 bits per heavy atom. The van der Waals surface area contributed by atoms with Crippen molar-refractivity contribution in [2.24, 2.45) is 5.92 Å². The number of carboxylic acid groups (broad SMARTS) is 1. The largest absolute Gasteiger partial charge is 0.481 e. The van der Waals surface area contributed by atoms with Crippen molar-refractivity contribution in [1.82, 2.24) is 5.32 Å². The first-order valence-corrected chi connectivity index (χ1v) is 6.98. The summed E-state index contributed by atoms with van der Waals surface area (Å²) in [4.78, 5) is 25.0. The van der Waals surface area contributed by atoms with Gasteiger partial charge in [-0.1, -0.05) is 18.2 Å². The third-order valence-corrected chi connectivity index (χ3v) is 3.55. The highest BCUT2D eigenvalue weighted by Crippen LogP contribution is 2.29. The van der Waals surface area contributed by atoms with E-state index in [1.165, 1.54) is 4.90 Å². The average Bonchev–Trinajstić information content (AvgIpc) is 2.50. The molecule has 0 fully saturated rings. The van der Waals surface area contributed by atoms with E-state index in [0.717, 1.165) is 17.7 Å². The highest BCUT2D eigenvalue weighted by Gasteiger charge is 2.31. The lowest BCUT2D eigenvalue weighted by atomic mass is 9.93. The molecule has 2 rings (SSSR count). The molecule has 0 saturated heterocycles. The fourth-order valence-corrected chi connectivity index (χ4v) is 2.46. The number of urea groups is 1. The highest BCUT2D eigenvalue weighted by molar-refractivity contribution is 5.94. The summed E-state index contributed by atoms with van der Waals surface area (Å²) in [6, 6.07) is 7.17. The smallest absolute Gasteiger partial charge is 0.321 e. The number of hydrogen-bond donors (Lipinski definition) is 2. The summed E-state index contributed by atoms with van der Waals surface area (Å²) in [5.41, 5.74) is 1.68. The molecular weight excluding hydrogens is 272 g/mol. The predicted octanol–water partition coefficient (Wildman–Crippen LogP) is 1.50. The van der Waals surface area contributed by atoms with Gasteiger partial charge in [0.1, 0.15) is 0 Å². The minimum Gasteiger partial charge on any atom is -0.481 e. The zero-order valence-corrected chi connectivity index (χ0v) is 12.0. The van der Waals surface area contributed by atoms with Crippen LogP contribution in [0.1, 0.15) is 12.0 Å². The molecule has 21 heavy (non-hydrogen) atoms. The Morgan fingerprint density at radius 1 is 1.43 bits per heavy atom. The molecule has 1 heterocycles. The number of nitrogens with zero attached hydrogens (tertiary/aromatic N) is 1. The van der Waals surface area contributed by atoms with Gasteiger partial charge in [-0.15, -0.1) is 0 Å². The van der Waals surface area contributed by atoms with E-state index in [1.807, 2.05) is 24.3 Å². The molecular formula is C15H20N2O4.